The number of imidazole rings is 1. The highest BCUT2D eigenvalue weighted by Crippen LogP contribution is 2.40. The number of rotatable bonds is 4. The summed E-state index contributed by atoms with van der Waals surface area (Å²) in [5.41, 5.74) is 6.74. The Morgan fingerprint density at radius 2 is 1.32 bits per heavy atom. The van der Waals surface area contributed by atoms with Gasteiger partial charge in [0.05, 0.1) is 16.6 Å². The van der Waals surface area contributed by atoms with Crippen LogP contribution in [-0.4, -0.2) is 24.6 Å². The predicted octanol–water partition coefficient (Wildman–Crippen LogP) is 11.3. The van der Waals surface area contributed by atoms with Gasteiger partial charge in [0, 0.05) is 34.0 Å². The number of hydrogen-bond donors (Lipinski definition) is 1. The van der Waals surface area contributed by atoms with E-state index in [0.717, 1.165) is 51.0 Å². The fraction of sp³-hybridized carbons (Fsp3) is 0.214. The maximum Gasteiger partial charge on any atom is 0.433 e. The Labute approximate surface area is 289 Å². The normalized spacial score (nSPS) is 12.6. The van der Waals surface area contributed by atoms with Crippen LogP contribution in [0.25, 0.3) is 61.4 Å². The zero-order chi connectivity index (χ0) is 35.6. The maximum absolute atomic E-state index is 13.8. The van der Waals surface area contributed by atoms with Crippen LogP contribution in [0.5, 0.6) is 5.75 Å². The van der Waals surface area contributed by atoms with Gasteiger partial charge in [-0.15, -0.1) is 0 Å². The standard InChI is InChI=1S/C42H37F3N4O/c1-40(2,3)28-15-17-30(18-16-28)49-33-14-8-13-31(38-34(50)19-20-35(47-38)42(43,44)45)37(33)48-39(49)27-11-7-10-25(22-27)32-24-29(41(4,5)6)23-26-12-9-21-46-36(26)32/h7-24,50H,1-6H3. The predicted molar refractivity (Wildman–Crippen MR) is 195 cm³/mol. The summed E-state index contributed by atoms with van der Waals surface area (Å²) in [6.45, 7) is 13.0. The highest BCUT2D eigenvalue weighted by Gasteiger charge is 2.33. The van der Waals surface area contributed by atoms with E-state index in [-0.39, 0.29) is 22.3 Å². The average molecular weight is 671 g/mol. The molecule has 0 bridgehead atoms. The van der Waals surface area contributed by atoms with Crippen molar-refractivity contribution in [2.75, 3.05) is 0 Å². The number of aromatic nitrogens is 4. The lowest BCUT2D eigenvalue weighted by molar-refractivity contribution is -0.141. The summed E-state index contributed by atoms with van der Waals surface area (Å²) < 4.78 is 43.3. The molecule has 0 saturated heterocycles. The zero-order valence-electron chi connectivity index (χ0n) is 28.8. The summed E-state index contributed by atoms with van der Waals surface area (Å²) in [5, 5.41) is 11.8. The van der Waals surface area contributed by atoms with Crippen LogP contribution >= 0.6 is 0 Å². The molecule has 5 nitrogen and oxygen atoms in total. The number of hydrogen-bond acceptors (Lipinski definition) is 4. The molecule has 7 rings (SSSR count). The number of nitrogens with zero attached hydrogens (tertiary/aromatic N) is 4. The lowest BCUT2D eigenvalue weighted by Gasteiger charge is -2.21. The summed E-state index contributed by atoms with van der Waals surface area (Å²) in [4.78, 5) is 13.7. The first-order valence-electron chi connectivity index (χ1n) is 16.5. The Hall–Kier alpha value is -5.50. The molecule has 0 aliphatic heterocycles. The van der Waals surface area contributed by atoms with Gasteiger partial charge in [0.1, 0.15) is 23.0 Å². The maximum atomic E-state index is 13.8. The van der Waals surface area contributed by atoms with Crippen molar-refractivity contribution in [3.8, 4) is 45.2 Å². The van der Waals surface area contributed by atoms with Gasteiger partial charge in [0.15, 0.2) is 0 Å². The van der Waals surface area contributed by atoms with E-state index >= 15 is 0 Å². The second-order valence-corrected chi connectivity index (χ2v) is 14.7. The van der Waals surface area contributed by atoms with Crippen molar-refractivity contribution in [1.82, 2.24) is 19.5 Å². The second kappa shape index (κ2) is 11.8. The van der Waals surface area contributed by atoms with E-state index in [4.69, 9.17) is 9.97 Å². The minimum absolute atomic E-state index is 0.0645. The molecular weight excluding hydrogens is 633 g/mol. The summed E-state index contributed by atoms with van der Waals surface area (Å²) in [6, 6.07) is 31.8. The molecule has 3 heterocycles. The van der Waals surface area contributed by atoms with Crippen LogP contribution in [-0.2, 0) is 17.0 Å². The number of alkyl halides is 3. The van der Waals surface area contributed by atoms with Gasteiger partial charge >= 0.3 is 6.18 Å². The number of fused-ring (bicyclic) bond motifs is 2. The quantitative estimate of drug-likeness (QED) is 0.202. The third-order valence-electron chi connectivity index (χ3n) is 9.10. The Kier molecular flexibility index (Phi) is 7.81. The number of pyridine rings is 2. The van der Waals surface area contributed by atoms with Gasteiger partial charge in [-0.3, -0.25) is 9.55 Å². The molecule has 0 aliphatic carbocycles. The first-order valence-corrected chi connectivity index (χ1v) is 16.5. The number of halogens is 3. The third kappa shape index (κ3) is 5.99. The van der Waals surface area contributed by atoms with E-state index in [2.05, 4.69) is 89.0 Å². The Balaban J connectivity index is 1.49. The molecule has 0 aliphatic rings. The lowest BCUT2D eigenvalue weighted by Crippen LogP contribution is -2.11. The van der Waals surface area contributed by atoms with Crippen LogP contribution in [0.2, 0.25) is 0 Å². The Morgan fingerprint density at radius 1 is 0.620 bits per heavy atom. The van der Waals surface area contributed by atoms with E-state index in [0.29, 0.717) is 22.4 Å². The molecule has 0 saturated carbocycles. The summed E-state index contributed by atoms with van der Waals surface area (Å²) >= 11 is 0. The van der Waals surface area contributed by atoms with E-state index in [1.54, 1.807) is 18.3 Å². The van der Waals surface area contributed by atoms with Crippen molar-refractivity contribution in [1.29, 1.82) is 0 Å². The zero-order valence-corrected chi connectivity index (χ0v) is 28.8. The molecule has 0 fully saturated rings. The second-order valence-electron chi connectivity index (χ2n) is 14.7. The smallest absolute Gasteiger partial charge is 0.433 e. The van der Waals surface area contributed by atoms with E-state index in [1.807, 2.05) is 41.0 Å². The molecule has 0 amide bonds. The summed E-state index contributed by atoms with van der Waals surface area (Å²) in [6.07, 6.45) is -2.88. The molecule has 7 aromatic rings. The van der Waals surface area contributed by atoms with Crippen LogP contribution in [0.1, 0.15) is 58.4 Å². The van der Waals surface area contributed by atoms with Crippen LogP contribution in [0.4, 0.5) is 13.2 Å². The van der Waals surface area contributed by atoms with Crippen molar-refractivity contribution >= 4 is 21.9 Å². The van der Waals surface area contributed by atoms with Crippen LogP contribution in [0.15, 0.2) is 109 Å². The van der Waals surface area contributed by atoms with Crippen LogP contribution in [0.3, 0.4) is 0 Å². The molecule has 8 heteroatoms. The molecule has 0 radical (unpaired) electrons. The minimum Gasteiger partial charge on any atom is -0.506 e. The molecule has 4 aromatic carbocycles. The van der Waals surface area contributed by atoms with Gasteiger partial charge in [0.2, 0.25) is 0 Å². The molecule has 0 unspecified atom stereocenters. The van der Waals surface area contributed by atoms with Gasteiger partial charge in [-0.05, 0) is 82.1 Å². The van der Waals surface area contributed by atoms with Crippen molar-refractivity contribution in [3.05, 3.63) is 126 Å². The van der Waals surface area contributed by atoms with Crippen molar-refractivity contribution in [3.63, 3.8) is 0 Å². The lowest BCUT2D eigenvalue weighted by atomic mass is 9.84. The van der Waals surface area contributed by atoms with Gasteiger partial charge in [-0.25, -0.2) is 9.97 Å². The highest BCUT2D eigenvalue weighted by atomic mass is 19.4. The van der Waals surface area contributed by atoms with Crippen LogP contribution < -0.4 is 0 Å². The molecule has 0 spiro atoms. The first-order chi connectivity index (χ1) is 23.6. The van der Waals surface area contributed by atoms with E-state index in [1.165, 1.54) is 5.56 Å². The average Bonchev–Trinajstić information content (AvgIpc) is 3.47. The Bertz CT molecular complexity index is 2400. The molecule has 50 heavy (non-hydrogen) atoms. The number of aromatic hydroxyl groups is 1. The topological polar surface area (TPSA) is 63.8 Å². The van der Waals surface area contributed by atoms with Gasteiger partial charge in [0.25, 0.3) is 0 Å². The van der Waals surface area contributed by atoms with Gasteiger partial charge in [-0.1, -0.05) is 90.1 Å². The van der Waals surface area contributed by atoms with E-state index < -0.39 is 11.9 Å². The molecular formula is C42H37F3N4O. The monoisotopic (exact) mass is 670 g/mol. The van der Waals surface area contributed by atoms with Gasteiger partial charge in [-0.2, -0.15) is 13.2 Å². The molecule has 0 atom stereocenters. The largest absolute Gasteiger partial charge is 0.506 e. The van der Waals surface area contributed by atoms with Crippen LogP contribution in [0, 0.1) is 0 Å². The van der Waals surface area contributed by atoms with E-state index in [9.17, 15) is 18.3 Å². The van der Waals surface area contributed by atoms with Gasteiger partial charge < -0.3 is 5.11 Å². The summed E-state index contributed by atoms with van der Waals surface area (Å²) in [7, 11) is 0. The number of benzene rings is 4. The minimum atomic E-state index is -4.68. The molecule has 252 valence electrons. The SMILES string of the molecule is CC(C)(C)c1ccc(-n2c(-c3cccc(-c4cc(C(C)(C)C)cc5cccnc45)c3)nc3c(-c4nc(C(F)(F)F)ccc4O)cccc32)cc1. The summed E-state index contributed by atoms with van der Waals surface area (Å²) in [5.74, 6) is 0.227. The first kappa shape index (κ1) is 33.0. The highest BCUT2D eigenvalue weighted by molar-refractivity contribution is 5.97. The fourth-order valence-electron chi connectivity index (χ4n) is 6.33. The molecule has 3 aromatic heterocycles. The van der Waals surface area contributed by atoms with Crippen molar-refractivity contribution < 1.29 is 18.3 Å². The molecule has 1 N–H and O–H groups in total. The van der Waals surface area contributed by atoms with Crippen molar-refractivity contribution in [2.24, 2.45) is 0 Å². The third-order valence-corrected chi connectivity index (χ3v) is 9.10. The van der Waals surface area contributed by atoms with Crippen molar-refractivity contribution in [2.45, 2.75) is 58.5 Å². The Morgan fingerprint density at radius 3 is 2.02 bits per heavy atom. The number of para-hydroxylation sites is 1. The fourth-order valence-corrected chi connectivity index (χ4v) is 6.33.